The second kappa shape index (κ2) is 6.40. The largest absolute Gasteiger partial charge is 0.508 e. The zero-order valence-corrected chi connectivity index (χ0v) is 10.4. The Morgan fingerprint density at radius 2 is 2.39 bits per heavy atom. The van der Waals surface area contributed by atoms with Crippen LogP contribution in [0.3, 0.4) is 0 Å². The number of carbonyl (C=O) groups excluding carboxylic acids is 1. The number of phenols is 1. The zero-order chi connectivity index (χ0) is 12.8. The molecular weight excluding hydrogens is 230 g/mol. The standard InChI is InChI=1S/C14H19NO3/c16-12-4-1-5-13(9-12)18-14(17)7-6-11-3-2-8-15-10-11/h1,4-5,9,11,15-16H,2-3,6-8,10H2. The molecule has 1 saturated heterocycles. The van der Waals surface area contributed by atoms with Crippen LogP contribution in [-0.2, 0) is 4.79 Å². The quantitative estimate of drug-likeness (QED) is 0.633. The number of benzene rings is 1. The molecule has 4 heteroatoms. The molecule has 1 unspecified atom stereocenters. The van der Waals surface area contributed by atoms with Gasteiger partial charge in [0.15, 0.2) is 0 Å². The van der Waals surface area contributed by atoms with Crippen LogP contribution in [0.2, 0.25) is 0 Å². The number of rotatable bonds is 4. The van der Waals surface area contributed by atoms with Crippen molar-refractivity contribution in [2.45, 2.75) is 25.7 Å². The van der Waals surface area contributed by atoms with Crippen molar-refractivity contribution in [1.82, 2.24) is 5.32 Å². The predicted octanol–water partition coefficient (Wildman–Crippen LogP) is 2.08. The van der Waals surface area contributed by atoms with Gasteiger partial charge in [-0.15, -0.1) is 0 Å². The first-order valence-corrected chi connectivity index (χ1v) is 6.44. The third kappa shape index (κ3) is 4.04. The molecule has 0 aliphatic carbocycles. The van der Waals surface area contributed by atoms with Crippen LogP contribution < -0.4 is 10.1 Å². The molecule has 4 nitrogen and oxygen atoms in total. The van der Waals surface area contributed by atoms with Gasteiger partial charge in [0.2, 0.25) is 0 Å². The van der Waals surface area contributed by atoms with Gasteiger partial charge in [0.1, 0.15) is 11.5 Å². The van der Waals surface area contributed by atoms with Gasteiger partial charge in [-0.2, -0.15) is 0 Å². The highest BCUT2D eigenvalue weighted by Gasteiger charge is 2.15. The van der Waals surface area contributed by atoms with Crippen molar-refractivity contribution in [3.8, 4) is 11.5 Å². The summed E-state index contributed by atoms with van der Waals surface area (Å²) >= 11 is 0. The number of hydrogen-bond donors (Lipinski definition) is 2. The lowest BCUT2D eigenvalue weighted by Gasteiger charge is -2.22. The van der Waals surface area contributed by atoms with E-state index in [1.54, 1.807) is 18.2 Å². The average Bonchev–Trinajstić information content (AvgIpc) is 2.38. The van der Waals surface area contributed by atoms with Crippen LogP contribution in [0.25, 0.3) is 0 Å². The van der Waals surface area contributed by atoms with Crippen LogP contribution in [0.1, 0.15) is 25.7 Å². The summed E-state index contributed by atoms with van der Waals surface area (Å²) in [6.07, 6.45) is 3.67. The van der Waals surface area contributed by atoms with E-state index < -0.39 is 0 Å². The normalized spacial score (nSPS) is 19.4. The van der Waals surface area contributed by atoms with Crippen molar-refractivity contribution >= 4 is 5.97 Å². The maximum atomic E-state index is 11.6. The fraction of sp³-hybridized carbons (Fsp3) is 0.500. The lowest BCUT2D eigenvalue weighted by atomic mass is 9.95. The van der Waals surface area contributed by atoms with E-state index in [-0.39, 0.29) is 11.7 Å². The summed E-state index contributed by atoms with van der Waals surface area (Å²) in [6, 6.07) is 6.31. The molecule has 0 saturated carbocycles. The summed E-state index contributed by atoms with van der Waals surface area (Å²) in [7, 11) is 0. The summed E-state index contributed by atoms with van der Waals surface area (Å²) in [5.74, 6) is 0.861. The fourth-order valence-corrected chi connectivity index (χ4v) is 2.22. The van der Waals surface area contributed by atoms with Crippen LogP contribution in [0.15, 0.2) is 24.3 Å². The van der Waals surface area contributed by atoms with Crippen LogP contribution in [0.5, 0.6) is 11.5 Å². The molecule has 1 aromatic rings. The van der Waals surface area contributed by atoms with Gasteiger partial charge in [-0.3, -0.25) is 4.79 Å². The van der Waals surface area contributed by atoms with Crippen molar-refractivity contribution < 1.29 is 14.6 Å². The maximum Gasteiger partial charge on any atom is 0.311 e. The average molecular weight is 249 g/mol. The molecule has 2 N–H and O–H groups in total. The molecule has 0 aromatic heterocycles. The lowest BCUT2D eigenvalue weighted by Crippen LogP contribution is -2.30. The molecule has 0 radical (unpaired) electrons. The second-order valence-electron chi connectivity index (χ2n) is 4.72. The SMILES string of the molecule is O=C(CCC1CCCNC1)Oc1cccc(O)c1. The number of phenolic OH excluding ortho intramolecular Hbond substituents is 1. The first kappa shape index (κ1) is 12.9. The first-order chi connectivity index (χ1) is 8.74. The molecule has 18 heavy (non-hydrogen) atoms. The highest BCUT2D eigenvalue weighted by atomic mass is 16.5. The Bertz CT molecular complexity index is 400. The monoisotopic (exact) mass is 249 g/mol. The van der Waals surface area contributed by atoms with Gasteiger partial charge in [-0.25, -0.2) is 0 Å². The summed E-state index contributed by atoms with van der Waals surface area (Å²) < 4.78 is 5.17. The lowest BCUT2D eigenvalue weighted by molar-refractivity contribution is -0.134. The third-order valence-corrected chi connectivity index (χ3v) is 3.20. The Balaban J connectivity index is 1.74. The van der Waals surface area contributed by atoms with Gasteiger partial charge in [0.05, 0.1) is 0 Å². The molecule has 0 spiro atoms. The van der Waals surface area contributed by atoms with Crippen LogP contribution in [-0.4, -0.2) is 24.2 Å². The third-order valence-electron chi connectivity index (χ3n) is 3.20. The summed E-state index contributed by atoms with van der Waals surface area (Å²) in [5.41, 5.74) is 0. The maximum absolute atomic E-state index is 11.6. The number of esters is 1. The number of ether oxygens (including phenoxy) is 1. The summed E-state index contributed by atoms with van der Waals surface area (Å²) in [5, 5.41) is 12.6. The van der Waals surface area contributed by atoms with E-state index >= 15 is 0 Å². The van der Waals surface area contributed by atoms with E-state index in [0.29, 0.717) is 18.1 Å². The van der Waals surface area contributed by atoms with E-state index in [1.165, 1.54) is 18.9 Å². The van der Waals surface area contributed by atoms with Crippen LogP contribution in [0, 0.1) is 5.92 Å². The Hall–Kier alpha value is -1.55. The minimum Gasteiger partial charge on any atom is -0.508 e. The second-order valence-corrected chi connectivity index (χ2v) is 4.72. The van der Waals surface area contributed by atoms with E-state index in [9.17, 15) is 9.90 Å². The van der Waals surface area contributed by atoms with Crippen molar-refractivity contribution in [3.63, 3.8) is 0 Å². The van der Waals surface area contributed by atoms with Gasteiger partial charge in [0, 0.05) is 12.5 Å². The van der Waals surface area contributed by atoms with Crippen molar-refractivity contribution in [1.29, 1.82) is 0 Å². The van der Waals surface area contributed by atoms with Crippen molar-refractivity contribution in [2.75, 3.05) is 13.1 Å². The molecular formula is C14H19NO3. The Labute approximate surface area is 107 Å². The minimum absolute atomic E-state index is 0.108. The summed E-state index contributed by atoms with van der Waals surface area (Å²) in [4.78, 5) is 11.6. The molecule has 1 atom stereocenters. The highest BCUT2D eigenvalue weighted by Crippen LogP contribution is 2.20. The molecule has 2 rings (SSSR count). The highest BCUT2D eigenvalue weighted by molar-refractivity contribution is 5.72. The van der Waals surface area contributed by atoms with E-state index in [2.05, 4.69) is 5.32 Å². The summed E-state index contributed by atoms with van der Waals surface area (Å²) in [6.45, 7) is 2.09. The first-order valence-electron chi connectivity index (χ1n) is 6.44. The van der Waals surface area contributed by atoms with E-state index in [0.717, 1.165) is 19.5 Å². The van der Waals surface area contributed by atoms with Crippen molar-refractivity contribution in [2.24, 2.45) is 5.92 Å². The molecule has 1 aromatic carbocycles. The zero-order valence-electron chi connectivity index (χ0n) is 10.4. The van der Waals surface area contributed by atoms with Gasteiger partial charge in [-0.05, 0) is 50.4 Å². The van der Waals surface area contributed by atoms with Crippen molar-refractivity contribution in [3.05, 3.63) is 24.3 Å². The Kier molecular flexibility index (Phi) is 4.59. The number of carbonyl (C=O) groups is 1. The molecule has 1 heterocycles. The van der Waals surface area contributed by atoms with Gasteiger partial charge in [0.25, 0.3) is 0 Å². The van der Waals surface area contributed by atoms with E-state index in [1.807, 2.05) is 0 Å². The fourth-order valence-electron chi connectivity index (χ4n) is 2.22. The molecule has 98 valence electrons. The van der Waals surface area contributed by atoms with Gasteiger partial charge in [-0.1, -0.05) is 6.07 Å². The number of aromatic hydroxyl groups is 1. The molecule has 1 fully saturated rings. The Morgan fingerprint density at radius 3 is 3.11 bits per heavy atom. The molecule has 1 aliphatic rings. The number of hydrogen-bond acceptors (Lipinski definition) is 4. The van der Waals surface area contributed by atoms with Gasteiger partial charge < -0.3 is 15.2 Å². The molecule has 0 bridgehead atoms. The minimum atomic E-state index is -0.230. The van der Waals surface area contributed by atoms with Gasteiger partial charge >= 0.3 is 5.97 Å². The Morgan fingerprint density at radius 1 is 1.50 bits per heavy atom. The topological polar surface area (TPSA) is 58.6 Å². The smallest absolute Gasteiger partial charge is 0.311 e. The van der Waals surface area contributed by atoms with Crippen LogP contribution in [0.4, 0.5) is 0 Å². The molecule has 0 amide bonds. The predicted molar refractivity (Wildman–Crippen MR) is 68.6 cm³/mol. The molecule has 1 aliphatic heterocycles. The van der Waals surface area contributed by atoms with E-state index in [4.69, 9.17) is 4.74 Å². The number of nitrogens with one attached hydrogen (secondary N) is 1. The van der Waals surface area contributed by atoms with Crippen LogP contribution >= 0.6 is 0 Å². The number of piperidine rings is 1.